The van der Waals surface area contributed by atoms with Crippen LogP contribution in [0.25, 0.3) is 32.9 Å². The highest BCUT2D eigenvalue weighted by Gasteiger charge is 2.21. The zero-order chi connectivity index (χ0) is 18.7. The van der Waals surface area contributed by atoms with Gasteiger partial charge in [0.05, 0.1) is 5.52 Å². The first-order chi connectivity index (χ1) is 13.7. The summed E-state index contributed by atoms with van der Waals surface area (Å²) in [5.41, 5.74) is 4.25. The second-order valence-corrected chi connectivity index (χ2v) is 7.33. The third-order valence-electron chi connectivity index (χ3n) is 5.12. The quantitative estimate of drug-likeness (QED) is 0.318. The molecule has 6 rings (SSSR count). The third kappa shape index (κ3) is 2.37. The summed E-state index contributed by atoms with van der Waals surface area (Å²) in [6.07, 6.45) is 0. The van der Waals surface area contributed by atoms with Crippen molar-refractivity contribution in [2.45, 2.75) is 0 Å². The lowest BCUT2D eigenvalue weighted by Gasteiger charge is -2.21. The van der Waals surface area contributed by atoms with Gasteiger partial charge in [0.15, 0.2) is 23.0 Å². The summed E-state index contributed by atoms with van der Waals surface area (Å²) in [7, 11) is 0. The molecule has 4 heteroatoms. The van der Waals surface area contributed by atoms with Crippen LogP contribution in [-0.2, 0) is 0 Å². The minimum atomic E-state index is 0.697. The van der Waals surface area contributed by atoms with Gasteiger partial charge in [-0.1, -0.05) is 48.0 Å². The van der Waals surface area contributed by atoms with Gasteiger partial charge >= 0.3 is 0 Å². The predicted molar refractivity (Wildman–Crippen MR) is 113 cm³/mol. The molecule has 4 aromatic carbocycles. The van der Waals surface area contributed by atoms with E-state index in [4.69, 9.17) is 21.1 Å². The molecule has 1 aliphatic heterocycles. The summed E-state index contributed by atoms with van der Waals surface area (Å²) >= 11 is 6.18. The number of aromatic nitrogens is 1. The van der Waals surface area contributed by atoms with E-state index in [9.17, 15) is 0 Å². The maximum atomic E-state index is 6.20. The van der Waals surface area contributed by atoms with Crippen LogP contribution in [-0.4, -0.2) is 4.98 Å². The Bertz CT molecular complexity index is 1370. The highest BCUT2D eigenvalue weighted by molar-refractivity contribution is 6.31. The second kappa shape index (κ2) is 5.78. The summed E-state index contributed by atoms with van der Waals surface area (Å²) in [6, 6.07) is 26.1. The van der Waals surface area contributed by atoms with Crippen molar-refractivity contribution in [3.05, 3.63) is 83.9 Å². The van der Waals surface area contributed by atoms with Crippen molar-refractivity contribution in [3.63, 3.8) is 0 Å². The highest BCUT2D eigenvalue weighted by Crippen LogP contribution is 2.48. The van der Waals surface area contributed by atoms with Crippen LogP contribution < -0.4 is 9.47 Å². The molecule has 1 aliphatic rings. The van der Waals surface area contributed by atoms with Gasteiger partial charge in [-0.05, 0) is 47.5 Å². The first-order valence-electron chi connectivity index (χ1n) is 9.05. The number of hydrogen-bond donors (Lipinski definition) is 1. The second-order valence-electron chi connectivity index (χ2n) is 6.89. The first-order valence-corrected chi connectivity index (χ1v) is 9.42. The molecule has 0 amide bonds. The molecule has 0 spiro atoms. The number of ether oxygens (including phenoxy) is 2. The molecule has 0 saturated carbocycles. The molecule has 134 valence electrons. The van der Waals surface area contributed by atoms with Crippen molar-refractivity contribution in [2.75, 3.05) is 0 Å². The van der Waals surface area contributed by atoms with E-state index in [1.54, 1.807) is 0 Å². The fraction of sp³-hybridized carbons (Fsp3) is 0. The molecule has 0 saturated heterocycles. The number of fused-ring (bicyclic) bond motifs is 5. The Morgan fingerprint density at radius 3 is 2.21 bits per heavy atom. The van der Waals surface area contributed by atoms with E-state index in [0.29, 0.717) is 28.0 Å². The monoisotopic (exact) mass is 383 g/mol. The molecule has 28 heavy (non-hydrogen) atoms. The lowest BCUT2D eigenvalue weighted by molar-refractivity contribution is 0.360. The van der Waals surface area contributed by atoms with Gasteiger partial charge in [-0.3, -0.25) is 0 Å². The molecule has 3 nitrogen and oxygen atoms in total. The first kappa shape index (κ1) is 15.6. The summed E-state index contributed by atoms with van der Waals surface area (Å²) in [5, 5.41) is 2.84. The zero-order valence-corrected chi connectivity index (χ0v) is 15.5. The Morgan fingerprint density at radius 2 is 1.32 bits per heavy atom. The molecular formula is C24H14ClNO2. The molecule has 5 aromatic rings. The lowest BCUT2D eigenvalue weighted by Crippen LogP contribution is -1.99. The van der Waals surface area contributed by atoms with Crippen LogP contribution in [0.5, 0.6) is 23.0 Å². The third-order valence-corrected chi connectivity index (χ3v) is 5.35. The van der Waals surface area contributed by atoms with Crippen LogP contribution >= 0.6 is 11.6 Å². The van der Waals surface area contributed by atoms with Crippen molar-refractivity contribution in [2.24, 2.45) is 0 Å². The number of hydrogen-bond acceptors (Lipinski definition) is 2. The minimum Gasteiger partial charge on any atom is -0.449 e. The van der Waals surface area contributed by atoms with Crippen LogP contribution in [0.2, 0.25) is 5.02 Å². The summed E-state index contributed by atoms with van der Waals surface area (Å²) in [6.45, 7) is 0. The minimum absolute atomic E-state index is 0.697. The van der Waals surface area contributed by atoms with Crippen molar-refractivity contribution < 1.29 is 9.47 Å². The molecule has 0 unspecified atom stereocenters. The number of nitrogens with one attached hydrogen (secondary N) is 1. The molecule has 0 bridgehead atoms. The molecule has 0 radical (unpaired) electrons. The molecule has 1 aromatic heterocycles. The molecular weight excluding hydrogens is 370 g/mol. The smallest absolute Gasteiger partial charge is 0.172 e. The Balaban J connectivity index is 1.47. The van der Waals surface area contributed by atoms with Crippen LogP contribution in [0, 0.1) is 0 Å². The van der Waals surface area contributed by atoms with Gasteiger partial charge in [0.1, 0.15) is 0 Å². The Kier molecular flexibility index (Phi) is 3.22. The van der Waals surface area contributed by atoms with Crippen molar-refractivity contribution >= 4 is 33.4 Å². The van der Waals surface area contributed by atoms with Gasteiger partial charge in [0, 0.05) is 27.4 Å². The Labute approximate surface area is 166 Å². The topological polar surface area (TPSA) is 34.2 Å². The maximum absolute atomic E-state index is 6.20. The van der Waals surface area contributed by atoms with Gasteiger partial charge in [0.2, 0.25) is 0 Å². The summed E-state index contributed by atoms with van der Waals surface area (Å²) < 4.78 is 12.3. The summed E-state index contributed by atoms with van der Waals surface area (Å²) in [4.78, 5) is 3.42. The van der Waals surface area contributed by atoms with Crippen LogP contribution in [0.3, 0.4) is 0 Å². The van der Waals surface area contributed by atoms with Crippen molar-refractivity contribution in [3.8, 4) is 34.1 Å². The van der Waals surface area contributed by atoms with Gasteiger partial charge in [-0.2, -0.15) is 0 Å². The number of H-pyrrole nitrogens is 1. The highest BCUT2D eigenvalue weighted by atomic mass is 35.5. The standard InChI is InChI=1S/C24H14ClNO2/c25-16-7-8-19-17(11-16)18-12-23-24(13-20(18)26-19)28-22-10-15(6-9-21(22)27-23)14-4-2-1-3-5-14/h1-13,26H. The maximum Gasteiger partial charge on any atom is 0.172 e. The molecule has 2 heterocycles. The van der Waals surface area contributed by atoms with E-state index in [1.807, 2.05) is 66.7 Å². The van der Waals surface area contributed by atoms with Gasteiger partial charge in [0.25, 0.3) is 0 Å². The summed E-state index contributed by atoms with van der Waals surface area (Å²) in [5.74, 6) is 2.83. The predicted octanol–water partition coefficient (Wildman–Crippen LogP) is 7.54. The van der Waals surface area contributed by atoms with Gasteiger partial charge < -0.3 is 14.5 Å². The lowest BCUT2D eigenvalue weighted by atomic mass is 10.0. The number of rotatable bonds is 1. The number of aromatic amines is 1. The average Bonchev–Trinajstić information content (AvgIpc) is 3.07. The van der Waals surface area contributed by atoms with Gasteiger partial charge in [-0.15, -0.1) is 0 Å². The van der Waals surface area contributed by atoms with Crippen LogP contribution in [0.4, 0.5) is 0 Å². The molecule has 1 N–H and O–H groups in total. The number of benzene rings is 4. The van der Waals surface area contributed by atoms with Crippen LogP contribution in [0.1, 0.15) is 0 Å². The SMILES string of the molecule is Clc1ccc2[nH]c3cc4c(cc3c2c1)Oc1ccc(-c2ccccc2)cc1O4. The Hall–Kier alpha value is -3.43. The largest absolute Gasteiger partial charge is 0.449 e. The van der Waals surface area contributed by atoms with Crippen molar-refractivity contribution in [1.82, 2.24) is 4.98 Å². The molecule has 0 aliphatic carbocycles. The number of halogens is 1. The van der Waals surface area contributed by atoms with Crippen molar-refractivity contribution in [1.29, 1.82) is 0 Å². The Morgan fingerprint density at radius 1 is 0.571 bits per heavy atom. The van der Waals surface area contributed by atoms with E-state index in [-0.39, 0.29) is 0 Å². The van der Waals surface area contributed by atoms with E-state index < -0.39 is 0 Å². The zero-order valence-electron chi connectivity index (χ0n) is 14.7. The van der Waals surface area contributed by atoms with E-state index in [2.05, 4.69) is 17.1 Å². The van der Waals surface area contributed by atoms with E-state index in [0.717, 1.165) is 32.9 Å². The fourth-order valence-corrected chi connectivity index (χ4v) is 3.93. The van der Waals surface area contributed by atoms with Gasteiger partial charge in [-0.25, -0.2) is 0 Å². The van der Waals surface area contributed by atoms with E-state index >= 15 is 0 Å². The average molecular weight is 384 g/mol. The molecule has 0 atom stereocenters. The molecule has 0 fully saturated rings. The van der Waals surface area contributed by atoms with E-state index in [1.165, 1.54) is 0 Å². The van der Waals surface area contributed by atoms with Crippen LogP contribution in [0.15, 0.2) is 78.9 Å². The fourth-order valence-electron chi connectivity index (χ4n) is 3.76. The normalized spacial score (nSPS) is 12.3.